The van der Waals surface area contributed by atoms with E-state index < -0.39 is 9.84 Å². The second-order valence-electron chi connectivity index (χ2n) is 8.19. The largest absolute Gasteiger partial charge is 0.282 e. The molecule has 0 aliphatic rings. The molecule has 8 heteroatoms. The third-order valence-electron chi connectivity index (χ3n) is 5.61. The zero-order chi connectivity index (χ0) is 24.1. The average Bonchev–Trinajstić information content (AvgIpc) is 3.26. The Balaban J connectivity index is 1.53. The number of aromatic nitrogens is 2. The van der Waals surface area contributed by atoms with Crippen molar-refractivity contribution in [2.75, 3.05) is 10.7 Å². The molecule has 2 aromatic carbocycles. The summed E-state index contributed by atoms with van der Waals surface area (Å²) in [4.78, 5) is 24.3. The molecule has 0 saturated carbocycles. The van der Waals surface area contributed by atoms with Crippen LogP contribution in [0.5, 0.6) is 0 Å². The maximum atomic E-state index is 13.3. The van der Waals surface area contributed by atoms with Crippen molar-refractivity contribution in [3.8, 4) is 0 Å². The highest BCUT2D eigenvalue weighted by atomic mass is 32.2. The van der Waals surface area contributed by atoms with Crippen LogP contribution in [0.2, 0.25) is 0 Å². The van der Waals surface area contributed by atoms with Crippen LogP contribution in [0.15, 0.2) is 71.8 Å². The zero-order valence-electron chi connectivity index (χ0n) is 19.3. The molecule has 0 aliphatic heterocycles. The fourth-order valence-electron chi connectivity index (χ4n) is 3.62. The second kappa shape index (κ2) is 10.4. The van der Waals surface area contributed by atoms with Gasteiger partial charge < -0.3 is 0 Å². The Morgan fingerprint density at radius 3 is 2.56 bits per heavy atom. The summed E-state index contributed by atoms with van der Waals surface area (Å²) in [5.74, 6) is -0.251. The Kier molecular flexibility index (Phi) is 7.38. The quantitative estimate of drug-likeness (QED) is 0.314. The number of benzene rings is 2. The van der Waals surface area contributed by atoms with Crippen LogP contribution < -0.4 is 4.90 Å². The molecular formula is C26H27N3O3S2. The van der Waals surface area contributed by atoms with E-state index in [0.717, 1.165) is 27.9 Å². The third-order valence-corrected chi connectivity index (χ3v) is 8.47. The van der Waals surface area contributed by atoms with Crippen molar-refractivity contribution in [3.63, 3.8) is 0 Å². The number of carbonyl (C=O) groups excluding carboxylic acids is 1. The monoisotopic (exact) mass is 493 g/mol. The Bertz CT molecular complexity index is 1380. The lowest BCUT2D eigenvalue weighted by atomic mass is 10.2. The number of hydrogen-bond donors (Lipinski definition) is 0. The van der Waals surface area contributed by atoms with Gasteiger partial charge in [-0.15, -0.1) is 0 Å². The Hall–Kier alpha value is -3.10. The predicted octanol–water partition coefficient (Wildman–Crippen LogP) is 5.35. The maximum absolute atomic E-state index is 13.3. The highest BCUT2D eigenvalue weighted by Gasteiger charge is 2.22. The minimum absolute atomic E-state index is 0.0844. The van der Waals surface area contributed by atoms with Gasteiger partial charge in [-0.05, 0) is 61.7 Å². The lowest BCUT2D eigenvalue weighted by Gasteiger charge is -2.19. The molecule has 0 unspecified atom stereocenters. The van der Waals surface area contributed by atoms with Crippen molar-refractivity contribution in [1.29, 1.82) is 0 Å². The van der Waals surface area contributed by atoms with Crippen molar-refractivity contribution < 1.29 is 13.2 Å². The van der Waals surface area contributed by atoms with Gasteiger partial charge in [-0.2, -0.15) is 0 Å². The summed E-state index contributed by atoms with van der Waals surface area (Å²) in [5.41, 5.74) is 3.81. The summed E-state index contributed by atoms with van der Waals surface area (Å²) >= 11 is 1.47. The SMILES string of the molecule is CCc1ccc2nc(N(Cc3ccccn3)C(=O)CCCS(=O)(=O)c3ccc(C)cc3)sc2c1. The third kappa shape index (κ3) is 5.69. The first kappa shape index (κ1) is 24.0. The number of sulfone groups is 1. The predicted molar refractivity (Wildman–Crippen MR) is 137 cm³/mol. The molecule has 176 valence electrons. The van der Waals surface area contributed by atoms with Gasteiger partial charge in [0.15, 0.2) is 15.0 Å². The number of rotatable bonds is 9. The maximum Gasteiger partial charge on any atom is 0.229 e. The normalized spacial score (nSPS) is 11.6. The van der Waals surface area contributed by atoms with Crippen molar-refractivity contribution in [2.45, 2.75) is 44.6 Å². The number of nitrogens with zero attached hydrogens (tertiary/aromatic N) is 3. The number of fused-ring (bicyclic) bond motifs is 1. The highest BCUT2D eigenvalue weighted by molar-refractivity contribution is 7.91. The molecule has 34 heavy (non-hydrogen) atoms. The van der Waals surface area contributed by atoms with Gasteiger partial charge in [0, 0.05) is 12.6 Å². The molecule has 2 heterocycles. The Morgan fingerprint density at radius 1 is 1.06 bits per heavy atom. The van der Waals surface area contributed by atoms with Crippen LogP contribution in [0.1, 0.15) is 36.6 Å². The van der Waals surface area contributed by atoms with Gasteiger partial charge in [0.2, 0.25) is 5.91 Å². The van der Waals surface area contributed by atoms with E-state index in [0.29, 0.717) is 5.13 Å². The minimum Gasteiger partial charge on any atom is -0.282 e. The fourth-order valence-corrected chi connectivity index (χ4v) is 5.98. The summed E-state index contributed by atoms with van der Waals surface area (Å²) in [6.07, 6.45) is 2.96. The molecule has 0 bridgehead atoms. The summed E-state index contributed by atoms with van der Waals surface area (Å²) in [6, 6.07) is 18.5. The van der Waals surface area contributed by atoms with Crippen LogP contribution in [-0.4, -0.2) is 30.0 Å². The molecule has 0 atom stereocenters. The van der Waals surface area contributed by atoms with E-state index in [-0.39, 0.29) is 35.9 Å². The summed E-state index contributed by atoms with van der Waals surface area (Å²) in [6.45, 7) is 4.30. The van der Waals surface area contributed by atoms with Crippen molar-refractivity contribution in [3.05, 3.63) is 83.7 Å². The van der Waals surface area contributed by atoms with Gasteiger partial charge >= 0.3 is 0 Å². The van der Waals surface area contributed by atoms with Crippen LogP contribution in [0, 0.1) is 6.92 Å². The van der Waals surface area contributed by atoms with E-state index in [9.17, 15) is 13.2 Å². The van der Waals surface area contributed by atoms with E-state index >= 15 is 0 Å². The second-order valence-corrected chi connectivity index (χ2v) is 11.3. The van der Waals surface area contributed by atoms with Crippen LogP contribution in [0.4, 0.5) is 5.13 Å². The Labute approximate surface area is 204 Å². The standard InChI is InChI=1S/C26H27N3O3S2/c1-3-20-11-14-23-24(17-20)33-26(28-23)29(18-21-7-4-5-15-27-21)25(30)8-6-16-34(31,32)22-12-9-19(2)10-13-22/h4-5,7,9-15,17H,3,6,8,16,18H2,1-2H3. The van der Waals surface area contributed by atoms with Gasteiger partial charge in [0.25, 0.3) is 0 Å². The molecule has 0 radical (unpaired) electrons. The van der Waals surface area contributed by atoms with E-state index in [4.69, 9.17) is 4.98 Å². The lowest BCUT2D eigenvalue weighted by Crippen LogP contribution is -2.30. The summed E-state index contributed by atoms with van der Waals surface area (Å²) < 4.78 is 26.4. The van der Waals surface area contributed by atoms with Crippen LogP contribution in [0.25, 0.3) is 10.2 Å². The topological polar surface area (TPSA) is 80.2 Å². The molecule has 6 nitrogen and oxygen atoms in total. The summed E-state index contributed by atoms with van der Waals surface area (Å²) in [5, 5.41) is 0.597. The first-order valence-corrected chi connectivity index (χ1v) is 13.7. The summed E-state index contributed by atoms with van der Waals surface area (Å²) in [7, 11) is -3.45. The number of aryl methyl sites for hydroxylation is 2. The molecule has 0 N–H and O–H groups in total. The van der Waals surface area contributed by atoms with Gasteiger partial charge in [-0.3, -0.25) is 14.7 Å². The van der Waals surface area contributed by atoms with Gasteiger partial charge in [-0.1, -0.05) is 48.1 Å². The Morgan fingerprint density at radius 2 is 1.85 bits per heavy atom. The zero-order valence-corrected chi connectivity index (χ0v) is 20.9. The molecule has 2 aromatic heterocycles. The van der Waals surface area contributed by atoms with E-state index in [1.807, 2.05) is 37.3 Å². The number of pyridine rings is 1. The fraction of sp³-hybridized carbons (Fsp3) is 0.269. The lowest BCUT2D eigenvalue weighted by molar-refractivity contribution is -0.118. The number of hydrogen-bond acceptors (Lipinski definition) is 6. The number of thiazole rings is 1. The van der Waals surface area contributed by atoms with Crippen molar-refractivity contribution >= 4 is 42.4 Å². The molecule has 4 rings (SSSR count). The van der Waals surface area contributed by atoms with Crippen LogP contribution in [-0.2, 0) is 27.6 Å². The number of amides is 1. The van der Waals surface area contributed by atoms with Crippen LogP contribution >= 0.6 is 11.3 Å². The van der Waals surface area contributed by atoms with Gasteiger partial charge in [0.1, 0.15) is 0 Å². The minimum atomic E-state index is -3.45. The van der Waals surface area contributed by atoms with E-state index in [2.05, 4.69) is 18.0 Å². The van der Waals surface area contributed by atoms with Crippen LogP contribution in [0.3, 0.4) is 0 Å². The first-order chi connectivity index (χ1) is 16.4. The molecular weight excluding hydrogens is 466 g/mol. The number of anilines is 1. The van der Waals surface area contributed by atoms with Crippen molar-refractivity contribution in [1.82, 2.24) is 9.97 Å². The van der Waals surface area contributed by atoms with Crippen molar-refractivity contribution in [2.24, 2.45) is 0 Å². The molecule has 0 saturated heterocycles. The smallest absolute Gasteiger partial charge is 0.229 e. The molecule has 1 amide bonds. The molecule has 0 spiro atoms. The van der Waals surface area contributed by atoms with E-state index in [1.54, 1.807) is 35.4 Å². The molecule has 0 aliphatic carbocycles. The first-order valence-electron chi connectivity index (χ1n) is 11.2. The average molecular weight is 494 g/mol. The van der Waals surface area contributed by atoms with Gasteiger partial charge in [-0.25, -0.2) is 13.4 Å². The molecule has 4 aromatic rings. The number of carbonyl (C=O) groups is 1. The molecule has 0 fully saturated rings. The van der Waals surface area contributed by atoms with Gasteiger partial charge in [0.05, 0.1) is 33.1 Å². The van der Waals surface area contributed by atoms with E-state index in [1.165, 1.54) is 16.9 Å². The highest BCUT2D eigenvalue weighted by Crippen LogP contribution is 2.31.